The number of amides is 1. The van der Waals surface area contributed by atoms with E-state index in [1.807, 2.05) is 7.05 Å². The first-order valence-electron chi connectivity index (χ1n) is 8.06. The molecule has 2 bridgehead atoms. The maximum absolute atomic E-state index is 12.5. The van der Waals surface area contributed by atoms with Gasteiger partial charge in [0.2, 0.25) is 5.91 Å². The number of rotatable bonds is 4. The zero-order valence-electron chi connectivity index (χ0n) is 13.0. The smallest absolute Gasteiger partial charge is 0.309 e. The molecule has 1 heterocycles. The normalized spacial score (nSPS) is 36.8. The summed E-state index contributed by atoms with van der Waals surface area (Å²) >= 11 is 0. The van der Waals surface area contributed by atoms with Crippen molar-refractivity contribution in [3.63, 3.8) is 0 Å². The van der Waals surface area contributed by atoms with E-state index in [2.05, 4.69) is 11.0 Å². The van der Waals surface area contributed by atoms with Crippen molar-refractivity contribution in [3.05, 3.63) is 0 Å². The monoisotopic (exact) mass is 305 g/mol. The largest absolute Gasteiger partial charge is 0.481 e. The highest BCUT2D eigenvalue weighted by molar-refractivity contribution is 5.80. The minimum atomic E-state index is -0.685. The Morgan fingerprint density at radius 2 is 2.05 bits per heavy atom. The van der Waals surface area contributed by atoms with E-state index >= 15 is 0 Å². The first-order valence-corrected chi connectivity index (χ1v) is 8.06. The van der Waals surface area contributed by atoms with Gasteiger partial charge < -0.3 is 10.0 Å². The maximum Gasteiger partial charge on any atom is 0.309 e. The number of carboxylic acids is 1. The van der Waals surface area contributed by atoms with Gasteiger partial charge in [-0.25, -0.2) is 0 Å². The summed E-state index contributed by atoms with van der Waals surface area (Å²) in [6.07, 6.45) is 5.44. The molecule has 6 nitrogen and oxygen atoms in total. The Morgan fingerprint density at radius 3 is 2.59 bits per heavy atom. The van der Waals surface area contributed by atoms with Crippen LogP contribution in [0.2, 0.25) is 0 Å². The minimum Gasteiger partial charge on any atom is -0.481 e. The van der Waals surface area contributed by atoms with Gasteiger partial charge in [-0.1, -0.05) is 0 Å². The van der Waals surface area contributed by atoms with Crippen molar-refractivity contribution in [1.82, 2.24) is 9.80 Å². The molecule has 3 aliphatic rings. The molecule has 0 aromatic rings. The molecule has 1 amide bonds. The van der Waals surface area contributed by atoms with Crippen LogP contribution in [0, 0.1) is 16.7 Å². The first-order chi connectivity index (χ1) is 10.4. The van der Waals surface area contributed by atoms with E-state index < -0.39 is 11.4 Å². The van der Waals surface area contributed by atoms with Crippen LogP contribution in [0.1, 0.15) is 44.9 Å². The van der Waals surface area contributed by atoms with E-state index in [4.69, 9.17) is 5.26 Å². The van der Waals surface area contributed by atoms with Crippen molar-refractivity contribution < 1.29 is 14.7 Å². The molecule has 120 valence electrons. The topological polar surface area (TPSA) is 84.6 Å². The summed E-state index contributed by atoms with van der Waals surface area (Å²) in [5.41, 5.74) is -0.712. The Hall–Kier alpha value is -1.61. The van der Waals surface area contributed by atoms with Crippen LogP contribution in [0.5, 0.6) is 0 Å². The zero-order valence-corrected chi connectivity index (χ0v) is 13.0. The average molecular weight is 305 g/mol. The Labute approximate surface area is 130 Å². The van der Waals surface area contributed by atoms with Crippen LogP contribution in [0.3, 0.4) is 0 Å². The number of carbonyl (C=O) groups is 2. The van der Waals surface area contributed by atoms with Gasteiger partial charge in [0.1, 0.15) is 6.04 Å². The number of nitriles is 1. The second kappa shape index (κ2) is 5.24. The summed E-state index contributed by atoms with van der Waals surface area (Å²) in [7, 11) is 1.93. The molecule has 22 heavy (non-hydrogen) atoms. The van der Waals surface area contributed by atoms with Crippen molar-refractivity contribution in [2.45, 2.75) is 56.5 Å². The van der Waals surface area contributed by atoms with Gasteiger partial charge in [-0.05, 0) is 52.0 Å². The summed E-state index contributed by atoms with van der Waals surface area (Å²) in [6, 6.07) is 1.91. The van der Waals surface area contributed by atoms with Crippen LogP contribution < -0.4 is 0 Å². The molecule has 0 radical (unpaired) electrons. The molecule has 0 aromatic carbocycles. The van der Waals surface area contributed by atoms with Crippen LogP contribution in [0.4, 0.5) is 0 Å². The van der Waals surface area contributed by atoms with Gasteiger partial charge in [-0.15, -0.1) is 0 Å². The average Bonchev–Trinajstić information content (AvgIpc) is 3.21. The fourth-order valence-electron chi connectivity index (χ4n) is 4.64. The quantitative estimate of drug-likeness (QED) is 0.844. The Bertz CT molecular complexity index is 531. The number of likely N-dealkylation sites (tertiary alicyclic amines) is 1. The molecule has 1 N–H and O–H groups in total. The van der Waals surface area contributed by atoms with E-state index in [0.29, 0.717) is 25.8 Å². The van der Waals surface area contributed by atoms with Crippen molar-refractivity contribution in [1.29, 1.82) is 5.26 Å². The number of carboxylic acid groups (broad SMARTS) is 1. The summed E-state index contributed by atoms with van der Waals surface area (Å²) in [5.74, 6) is -0.684. The lowest BCUT2D eigenvalue weighted by atomic mass is 9.84. The summed E-state index contributed by atoms with van der Waals surface area (Å²) in [4.78, 5) is 27.8. The molecule has 1 saturated heterocycles. The molecular formula is C16H23N3O3. The molecule has 2 aliphatic carbocycles. The SMILES string of the molecule is CN(CC(=O)N1CCCC1C#N)C12CCC(C(=O)O)(CC1)C2. The highest BCUT2D eigenvalue weighted by Gasteiger charge is 2.59. The second-order valence-corrected chi connectivity index (χ2v) is 7.22. The maximum atomic E-state index is 12.5. The standard InChI is InChI=1S/C16H23N3O3/c1-18(10-13(20)19-8-2-3-12(19)9-17)16-6-4-15(11-16,5-7-16)14(21)22/h12H,2-8,10-11H2,1H3,(H,21,22). The Kier molecular flexibility index (Phi) is 3.64. The van der Waals surface area contributed by atoms with E-state index in [-0.39, 0.29) is 24.0 Å². The Morgan fingerprint density at radius 1 is 1.36 bits per heavy atom. The lowest BCUT2D eigenvalue weighted by Crippen LogP contribution is -2.49. The molecule has 1 unspecified atom stereocenters. The van der Waals surface area contributed by atoms with Crippen molar-refractivity contribution >= 4 is 11.9 Å². The molecule has 3 rings (SSSR count). The Balaban J connectivity index is 1.66. The fourth-order valence-corrected chi connectivity index (χ4v) is 4.64. The van der Waals surface area contributed by atoms with Gasteiger partial charge in [0, 0.05) is 12.1 Å². The molecule has 1 atom stereocenters. The van der Waals surface area contributed by atoms with Crippen molar-refractivity contribution in [3.8, 4) is 6.07 Å². The summed E-state index contributed by atoms with van der Waals surface area (Å²) < 4.78 is 0. The molecule has 2 saturated carbocycles. The van der Waals surface area contributed by atoms with Crippen LogP contribution >= 0.6 is 0 Å². The lowest BCUT2D eigenvalue weighted by molar-refractivity contribution is -0.148. The predicted octanol–water partition coefficient (Wildman–Crippen LogP) is 1.22. The van der Waals surface area contributed by atoms with Gasteiger partial charge in [-0.3, -0.25) is 14.5 Å². The van der Waals surface area contributed by atoms with E-state index in [0.717, 1.165) is 25.7 Å². The summed E-state index contributed by atoms with van der Waals surface area (Å²) in [5, 5.41) is 18.6. The number of aliphatic carboxylic acids is 1. The second-order valence-electron chi connectivity index (χ2n) is 7.22. The molecule has 0 spiro atoms. The first kappa shape index (κ1) is 15.3. The lowest BCUT2D eigenvalue weighted by Gasteiger charge is -2.37. The number of hydrogen-bond donors (Lipinski definition) is 1. The number of hydrogen-bond acceptors (Lipinski definition) is 4. The van der Waals surface area contributed by atoms with Crippen LogP contribution in [-0.2, 0) is 9.59 Å². The van der Waals surface area contributed by atoms with Crippen molar-refractivity contribution in [2.24, 2.45) is 5.41 Å². The third-order valence-corrected chi connectivity index (χ3v) is 6.16. The number of likely N-dealkylation sites (N-methyl/N-ethyl adjacent to an activating group) is 1. The molecular weight excluding hydrogens is 282 g/mol. The number of carbonyl (C=O) groups excluding carboxylic acids is 1. The van der Waals surface area contributed by atoms with Gasteiger partial charge >= 0.3 is 5.97 Å². The fraction of sp³-hybridized carbons (Fsp3) is 0.812. The van der Waals surface area contributed by atoms with E-state index in [9.17, 15) is 14.7 Å². The highest BCUT2D eigenvalue weighted by atomic mass is 16.4. The summed E-state index contributed by atoms with van der Waals surface area (Å²) in [6.45, 7) is 0.949. The number of fused-ring (bicyclic) bond motifs is 2. The van der Waals surface area contributed by atoms with E-state index in [1.54, 1.807) is 4.90 Å². The third kappa shape index (κ3) is 2.19. The molecule has 0 aromatic heterocycles. The van der Waals surface area contributed by atoms with Crippen LogP contribution in [0.15, 0.2) is 0 Å². The van der Waals surface area contributed by atoms with Gasteiger partial charge in [0.05, 0.1) is 18.0 Å². The highest BCUT2D eigenvalue weighted by Crippen LogP contribution is 2.58. The van der Waals surface area contributed by atoms with Crippen LogP contribution in [-0.4, -0.2) is 58.5 Å². The molecule has 3 fully saturated rings. The third-order valence-electron chi connectivity index (χ3n) is 6.16. The molecule has 1 aliphatic heterocycles. The van der Waals surface area contributed by atoms with Gasteiger partial charge in [0.15, 0.2) is 0 Å². The van der Waals surface area contributed by atoms with Crippen molar-refractivity contribution in [2.75, 3.05) is 20.1 Å². The van der Waals surface area contributed by atoms with E-state index in [1.165, 1.54) is 0 Å². The number of nitrogens with zero attached hydrogens (tertiary/aromatic N) is 3. The molecule has 6 heteroatoms. The zero-order chi connectivity index (χ0) is 16.0. The van der Waals surface area contributed by atoms with Crippen LogP contribution in [0.25, 0.3) is 0 Å². The minimum absolute atomic E-state index is 0.000602. The van der Waals surface area contributed by atoms with Gasteiger partial charge in [0.25, 0.3) is 0 Å². The predicted molar refractivity (Wildman–Crippen MR) is 78.9 cm³/mol. The van der Waals surface area contributed by atoms with Gasteiger partial charge in [-0.2, -0.15) is 5.26 Å².